The Labute approximate surface area is 188 Å². The molecule has 1 unspecified atom stereocenters. The number of rotatable bonds is 7. The predicted octanol–water partition coefficient (Wildman–Crippen LogP) is 5.84. The quantitative estimate of drug-likeness (QED) is 0.399. The summed E-state index contributed by atoms with van der Waals surface area (Å²) in [6.07, 6.45) is -4.98. The maximum Gasteiger partial charge on any atom is 0.573 e. The SMILES string of the molecule is CC(=O)C(C)c1ccc(Cc2ccc(OC(F)(F)F)cc2S(=O)(=O)c2ccccc2F)cc1. The van der Waals surface area contributed by atoms with Gasteiger partial charge in [0.1, 0.15) is 22.2 Å². The molecule has 1 atom stereocenters. The molecule has 0 amide bonds. The van der Waals surface area contributed by atoms with Gasteiger partial charge in [0, 0.05) is 5.92 Å². The Kier molecular flexibility index (Phi) is 6.92. The minimum Gasteiger partial charge on any atom is -0.406 e. The van der Waals surface area contributed by atoms with Crippen LogP contribution in [0.5, 0.6) is 5.75 Å². The van der Waals surface area contributed by atoms with E-state index in [2.05, 4.69) is 4.74 Å². The van der Waals surface area contributed by atoms with Crippen molar-refractivity contribution in [3.05, 3.63) is 89.2 Å². The van der Waals surface area contributed by atoms with Crippen molar-refractivity contribution in [2.75, 3.05) is 0 Å². The van der Waals surface area contributed by atoms with Crippen LogP contribution in [0, 0.1) is 5.82 Å². The van der Waals surface area contributed by atoms with Crippen LogP contribution in [0.2, 0.25) is 0 Å². The number of ketones is 1. The van der Waals surface area contributed by atoms with Crippen molar-refractivity contribution in [2.24, 2.45) is 0 Å². The molecule has 3 aromatic carbocycles. The van der Waals surface area contributed by atoms with Crippen LogP contribution in [0.15, 0.2) is 76.5 Å². The van der Waals surface area contributed by atoms with Crippen LogP contribution in [0.25, 0.3) is 0 Å². The highest BCUT2D eigenvalue weighted by atomic mass is 32.2. The van der Waals surface area contributed by atoms with Crippen molar-refractivity contribution < 1.29 is 35.5 Å². The molecular weight excluding hydrogens is 460 g/mol. The lowest BCUT2D eigenvalue weighted by molar-refractivity contribution is -0.274. The molecule has 0 fully saturated rings. The van der Waals surface area contributed by atoms with E-state index >= 15 is 0 Å². The Bertz CT molecular complexity index is 1270. The Morgan fingerprint density at radius 3 is 2.18 bits per heavy atom. The lowest BCUT2D eigenvalue weighted by Gasteiger charge is -2.15. The number of sulfone groups is 1. The van der Waals surface area contributed by atoms with Gasteiger partial charge in [0.05, 0.1) is 4.90 Å². The zero-order chi connectivity index (χ0) is 24.4. The largest absolute Gasteiger partial charge is 0.573 e. The molecule has 3 aromatic rings. The van der Waals surface area contributed by atoms with Crippen LogP contribution in [0.4, 0.5) is 17.6 Å². The summed E-state index contributed by atoms with van der Waals surface area (Å²) in [5.41, 5.74) is 1.60. The van der Waals surface area contributed by atoms with Gasteiger partial charge in [-0.3, -0.25) is 4.79 Å². The van der Waals surface area contributed by atoms with Crippen LogP contribution in [-0.4, -0.2) is 20.6 Å². The van der Waals surface area contributed by atoms with E-state index in [0.717, 1.165) is 29.8 Å². The van der Waals surface area contributed by atoms with Gasteiger partial charge >= 0.3 is 6.36 Å². The van der Waals surface area contributed by atoms with Crippen molar-refractivity contribution in [3.8, 4) is 5.75 Å². The summed E-state index contributed by atoms with van der Waals surface area (Å²) in [6.45, 7) is 3.23. The van der Waals surface area contributed by atoms with Gasteiger partial charge in [-0.15, -0.1) is 13.2 Å². The molecule has 0 N–H and O–H groups in total. The zero-order valence-corrected chi connectivity index (χ0v) is 18.5. The van der Waals surface area contributed by atoms with Gasteiger partial charge in [0.25, 0.3) is 0 Å². The highest BCUT2D eigenvalue weighted by Gasteiger charge is 2.32. The topological polar surface area (TPSA) is 60.4 Å². The van der Waals surface area contributed by atoms with Crippen LogP contribution in [-0.2, 0) is 21.1 Å². The van der Waals surface area contributed by atoms with Crippen molar-refractivity contribution in [3.63, 3.8) is 0 Å². The van der Waals surface area contributed by atoms with E-state index in [0.29, 0.717) is 5.56 Å². The molecule has 9 heteroatoms. The molecule has 33 heavy (non-hydrogen) atoms. The fourth-order valence-corrected chi connectivity index (χ4v) is 4.86. The number of Topliss-reactive ketones (excluding diaryl/α,β-unsaturated/α-hetero) is 1. The van der Waals surface area contributed by atoms with Gasteiger partial charge in [-0.1, -0.05) is 49.4 Å². The molecule has 174 valence electrons. The average Bonchev–Trinajstić information content (AvgIpc) is 2.74. The average molecular weight is 480 g/mol. The van der Waals surface area contributed by atoms with Gasteiger partial charge in [0.2, 0.25) is 9.84 Å². The molecular formula is C24H20F4O4S. The van der Waals surface area contributed by atoms with Crippen LogP contribution in [0.3, 0.4) is 0 Å². The zero-order valence-electron chi connectivity index (χ0n) is 17.7. The summed E-state index contributed by atoms with van der Waals surface area (Å²) >= 11 is 0. The minimum absolute atomic E-state index is 0.0127. The monoisotopic (exact) mass is 480 g/mol. The maximum absolute atomic E-state index is 14.3. The third-order valence-corrected chi connectivity index (χ3v) is 7.04. The van der Waals surface area contributed by atoms with Crippen LogP contribution in [0.1, 0.15) is 36.5 Å². The van der Waals surface area contributed by atoms with E-state index in [1.807, 2.05) is 0 Å². The van der Waals surface area contributed by atoms with Crippen molar-refractivity contribution >= 4 is 15.6 Å². The Morgan fingerprint density at radius 2 is 1.61 bits per heavy atom. The van der Waals surface area contributed by atoms with E-state index in [1.54, 1.807) is 31.2 Å². The number of hydrogen-bond donors (Lipinski definition) is 0. The molecule has 0 aromatic heterocycles. The lowest BCUT2D eigenvalue weighted by atomic mass is 9.95. The Hall–Kier alpha value is -3.20. The number of hydrogen-bond acceptors (Lipinski definition) is 4. The summed E-state index contributed by atoms with van der Waals surface area (Å²) < 4.78 is 82.7. The highest BCUT2D eigenvalue weighted by molar-refractivity contribution is 7.91. The molecule has 4 nitrogen and oxygen atoms in total. The Balaban J connectivity index is 2.06. The van der Waals surface area contributed by atoms with Crippen molar-refractivity contribution in [2.45, 2.75) is 42.3 Å². The molecule has 0 saturated carbocycles. The normalized spacial score (nSPS) is 12.9. The first-order valence-electron chi connectivity index (χ1n) is 9.86. The lowest BCUT2D eigenvalue weighted by Crippen LogP contribution is -2.18. The van der Waals surface area contributed by atoms with E-state index in [9.17, 15) is 30.8 Å². The van der Waals surface area contributed by atoms with Crippen molar-refractivity contribution in [1.82, 2.24) is 0 Å². The number of halogens is 4. The second-order valence-electron chi connectivity index (χ2n) is 7.50. The molecule has 0 aliphatic rings. The fourth-order valence-electron chi connectivity index (χ4n) is 3.29. The summed E-state index contributed by atoms with van der Waals surface area (Å²) in [5, 5.41) is 0. The first-order chi connectivity index (χ1) is 15.4. The first kappa shape index (κ1) is 24.4. The number of benzene rings is 3. The molecule has 3 rings (SSSR count). The number of carbonyl (C=O) groups excluding carboxylic acids is 1. The summed E-state index contributed by atoms with van der Waals surface area (Å²) in [6, 6.07) is 14.5. The third kappa shape index (κ3) is 5.78. The molecule has 0 aliphatic heterocycles. The van der Waals surface area contributed by atoms with Gasteiger partial charge in [-0.2, -0.15) is 0 Å². The predicted molar refractivity (Wildman–Crippen MR) is 113 cm³/mol. The molecule has 0 saturated heterocycles. The van der Waals surface area contributed by atoms with Crippen LogP contribution < -0.4 is 4.74 Å². The fraction of sp³-hybridized carbons (Fsp3) is 0.208. The first-order valence-corrected chi connectivity index (χ1v) is 11.3. The molecule has 0 bridgehead atoms. The van der Waals surface area contributed by atoms with Gasteiger partial charge in [-0.05, 0) is 54.3 Å². The molecule has 0 aliphatic carbocycles. The molecule has 0 spiro atoms. The Morgan fingerprint density at radius 1 is 0.970 bits per heavy atom. The second-order valence-corrected chi connectivity index (χ2v) is 9.39. The van der Waals surface area contributed by atoms with E-state index in [1.165, 1.54) is 25.1 Å². The number of alkyl halides is 3. The second kappa shape index (κ2) is 9.35. The van der Waals surface area contributed by atoms with E-state index in [4.69, 9.17) is 0 Å². The number of ether oxygens (including phenoxy) is 1. The maximum atomic E-state index is 14.3. The minimum atomic E-state index is -5.02. The smallest absolute Gasteiger partial charge is 0.406 e. The highest BCUT2D eigenvalue weighted by Crippen LogP contribution is 2.33. The summed E-state index contributed by atoms with van der Waals surface area (Å²) in [5.74, 6) is -2.07. The standard InChI is InChI=1S/C24H20F4O4S/c1-15(16(2)29)18-9-7-17(8-10-18)13-19-11-12-20(32-24(26,27)28)14-23(19)33(30,31)22-6-4-3-5-21(22)25/h3-12,14-15H,13H2,1-2H3. The summed E-state index contributed by atoms with van der Waals surface area (Å²) in [7, 11) is -4.50. The van der Waals surface area contributed by atoms with Gasteiger partial charge in [-0.25, -0.2) is 12.8 Å². The van der Waals surface area contributed by atoms with Crippen LogP contribution >= 0.6 is 0 Å². The molecule has 0 radical (unpaired) electrons. The number of carbonyl (C=O) groups is 1. The van der Waals surface area contributed by atoms with Crippen molar-refractivity contribution in [1.29, 1.82) is 0 Å². The summed E-state index contributed by atoms with van der Waals surface area (Å²) in [4.78, 5) is 10.4. The van der Waals surface area contributed by atoms with Gasteiger partial charge in [0.15, 0.2) is 0 Å². The molecule has 0 heterocycles. The third-order valence-electron chi connectivity index (χ3n) is 5.17. The van der Waals surface area contributed by atoms with Gasteiger partial charge < -0.3 is 4.74 Å². The van der Waals surface area contributed by atoms with E-state index < -0.39 is 37.6 Å². The van der Waals surface area contributed by atoms with E-state index in [-0.39, 0.29) is 23.7 Å².